The van der Waals surface area contributed by atoms with Gasteiger partial charge in [0, 0.05) is 38.7 Å². The largest absolute Gasteiger partial charge is 0.396 e. The average Bonchev–Trinajstić information content (AvgIpc) is 2.96. The first-order chi connectivity index (χ1) is 9.76. The molecule has 0 radical (unpaired) electrons. The van der Waals surface area contributed by atoms with Crippen LogP contribution in [0, 0.1) is 5.92 Å². The van der Waals surface area contributed by atoms with E-state index in [1.54, 1.807) is 0 Å². The quantitative estimate of drug-likeness (QED) is 0.819. The van der Waals surface area contributed by atoms with Crippen molar-refractivity contribution >= 4 is 17.8 Å². The summed E-state index contributed by atoms with van der Waals surface area (Å²) in [6.45, 7) is 3.86. The van der Waals surface area contributed by atoms with Crippen LogP contribution in [0.5, 0.6) is 0 Å². The first-order valence-electron chi connectivity index (χ1n) is 7.38. The van der Waals surface area contributed by atoms with Crippen LogP contribution in [0.1, 0.15) is 25.7 Å². The van der Waals surface area contributed by atoms with Crippen molar-refractivity contribution in [2.24, 2.45) is 5.92 Å². The van der Waals surface area contributed by atoms with E-state index >= 15 is 0 Å². The molecule has 20 heavy (non-hydrogen) atoms. The standard InChI is InChI=1S/C13H22N6O/c14-11-15-12(18-5-2-1-3-6-18)17-13(16-11)19-7-4-10(8-19)9-20/h10,20H,1-9H2,(H2,14,15,16,17). The van der Waals surface area contributed by atoms with Crippen LogP contribution in [-0.4, -0.2) is 52.8 Å². The molecule has 7 nitrogen and oxygen atoms in total. The molecule has 3 N–H and O–H groups in total. The van der Waals surface area contributed by atoms with Gasteiger partial charge in [0.05, 0.1) is 0 Å². The van der Waals surface area contributed by atoms with Crippen molar-refractivity contribution in [1.29, 1.82) is 0 Å². The summed E-state index contributed by atoms with van der Waals surface area (Å²) in [5.74, 6) is 1.93. The summed E-state index contributed by atoms with van der Waals surface area (Å²) in [5.41, 5.74) is 5.84. The van der Waals surface area contributed by atoms with Gasteiger partial charge in [-0.3, -0.25) is 0 Å². The second-order valence-corrected chi connectivity index (χ2v) is 5.62. The minimum absolute atomic E-state index is 0.218. The minimum atomic E-state index is 0.218. The lowest BCUT2D eigenvalue weighted by atomic mass is 10.1. The molecule has 0 amide bonds. The van der Waals surface area contributed by atoms with E-state index in [0.29, 0.717) is 17.8 Å². The van der Waals surface area contributed by atoms with Crippen LogP contribution in [0.2, 0.25) is 0 Å². The Balaban J connectivity index is 1.79. The first kappa shape index (κ1) is 13.4. The number of aliphatic hydroxyl groups excluding tert-OH is 1. The van der Waals surface area contributed by atoms with Crippen LogP contribution in [0.25, 0.3) is 0 Å². The molecule has 2 aliphatic rings. The minimum Gasteiger partial charge on any atom is -0.396 e. The lowest BCUT2D eigenvalue weighted by molar-refractivity contribution is 0.238. The highest BCUT2D eigenvalue weighted by Crippen LogP contribution is 2.23. The molecule has 0 aliphatic carbocycles. The predicted molar refractivity (Wildman–Crippen MR) is 77.7 cm³/mol. The van der Waals surface area contributed by atoms with E-state index in [0.717, 1.165) is 32.6 Å². The van der Waals surface area contributed by atoms with Crippen LogP contribution in [0.4, 0.5) is 17.8 Å². The zero-order valence-electron chi connectivity index (χ0n) is 11.7. The number of aromatic nitrogens is 3. The van der Waals surface area contributed by atoms with Crippen molar-refractivity contribution in [3.05, 3.63) is 0 Å². The molecule has 2 saturated heterocycles. The molecule has 2 fully saturated rings. The summed E-state index contributed by atoms with van der Waals surface area (Å²) >= 11 is 0. The van der Waals surface area contributed by atoms with Crippen molar-refractivity contribution in [1.82, 2.24) is 15.0 Å². The van der Waals surface area contributed by atoms with E-state index < -0.39 is 0 Å². The van der Waals surface area contributed by atoms with E-state index in [1.165, 1.54) is 19.3 Å². The molecule has 3 heterocycles. The Morgan fingerprint density at radius 2 is 1.70 bits per heavy atom. The summed E-state index contributed by atoms with van der Waals surface area (Å²) in [5, 5.41) is 9.23. The second-order valence-electron chi connectivity index (χ2n) is 5.62. The number of nitrogen functional groups attached to an aromatic ring is 1. The van der Waals surface area contributed by atoms with Gasteiger partial charge in [-0.2, -0.15) is 15.0 Å². The third-order valence-corrected chi connectivity index (χ3v) is 4.09. The zero-order chi connectivity index (χ0) is 13.9. The molecular weight excluding hydrogens is 256 g/mol. The van der Waals surface area contributed by atoms with Gasteiger partial charge in [0.1, 0.15) is 0 Å². The highest BCUT2D eigenvalue weighted by atomic mass is 16.3. The number of hydrogen-bond donors (Lipinski definition) is 2. The molecule has 0 bridgehead atoms. The summed E-state index contributed by atoms with van der Waals surface area (Å²) in [7, 11) is 0. The van der Waals surface area contributed by atoms with E-state index in [9.17, 15) is 5.11 Å². The smallest absolute Gasteiger partial charge is 0.231 e. The van der Waals surface area contributed by atoms with Gasteiger partial charge < -0.3 is 20.6 Å². The number of rotatable bonds is 3. The Morgan fingerprint density at radius 3 is 2.35 bits per heavy atom. The van der Waals surface area contributed by atoms with Gasteiger partial charge >= 0.3 is 0 Å². The lowest BCUT2D eigenvalue weighted by Crippen LogP contribution is -2.32. The van der Waals surface area contributed by atoms with Gasteiger partial charge in [0.25, 0.3) is 0 Å². The van der Waals surface area contributed by atoms with Gasteiger partial charge in [0.2, 0.25) is 17.8 Å². The van der Waals surface area contributed by atoms with Gasteiger partial charge in [-0.05, 0) is 25.7 Å². The van der Waals surface area contributed by atoms with Crippen LogP contribution >= 0.6 is 0 Å². The lowest BCUT2D eigenvalue weighted by Gasteiger charge is -2.27. The number of piperidine rings is 1. The van der Waals surface area contributed by atoms with E-state index in [4.69, 9.17) is 5.73 Å². The van der Waals surface area contributed by atoms with Crippen LogP contribution in [0.15, 0.2) is 0 Å². The maximum absolute atomic E-state index is 9.23. The SMILES string of the molecule is Nc1nc(N2CCCCC2)nc(N2CCC(CO)C2)n1. The van der Waals surface area contributed by atoms with E-state index in [2.05, 4.69) is 24.8 Å². The maximum Gasteiger partial charge on any atom is 0.231 e. The normalized spacial score (nSPS) is 23.4. The number of anilines is 3. The third-order valence-electron chi connectivity index (χ3n) is 4.09. The van der Waals surface area contributed by atoms with Crippen molar-refractivity contribution in [2.45, 2.75) is 25.7 Å². The molecule has 1 aromatic heterocycles. The molecule has 0 saturated carbocycles. The molecule has 2 aliphatic heterocycles. The molecule has 0 spiro atoms. The molecule has 3 rings (SSSR count). The Hall–Kier alpha value is -1.63. The Kier molecular flexibility index (Phi) is 3.86. The zero-order valence-corrected chi connectivity index (χ0v) is 11.7. The molecule has 7 heteroatoms. The highest BCUT2D eigenvalue weighted by molar-refractivity contribution is 5.44. The fourth-order valence-electron chi connectivity index (χ4n) is 2.91. The Labute approximate surface area is 118 Å². The monoisotopic (exact) mass is 278 g/mol. The highest BCUT2D eigenvalue weighted by Gasteiger charge is 2.25. The Morgan fingerprint density at radius 1 is 1.00 bits per heavy atom. The van der Waals surface area contributed by atoms with Crippen molar-refractivity contribution < 1.29 is 5.11 Å². The van der Waals surface area contributed by atoms with Crippen molar-refractivity contribution in [3.8, 4) is 0 Å². The number of nitrogens with zero attached hydrogens (tertiary/aromatic N) is 5. The van der Waals surface area contributed by atoms with Crippen molar-refractivity contribution in [2.75, 3.05) is 48.3 Å². The summed E-state index contributed by atoms with van der Waals surface area (Å²) in [6.07, 6.45) is 4.60. The maximum atomic E-state index is 9.23. The molecule has 110 valence electrons. The topological polar surface area (TPSA) is 91.4 Å². The van der Waals surface area contributed by atoms with E-state index in [-0.39, 0.29) is 12.6 Å². The fraction of sp³-hybridized carbons (Fsp3) is 0.769. The number of aliphatic hydroxyl groups is 1. The summed E-state index contributed by atoms with van der Waals surface area (Å²) < 4.78 is 0. The number of hydrogen-bond acceptors (Lipinski definition) is 7. The van der Waals surface area contributed by atoms with Crippen LogP contribution in [-0.2, 0) is 0 Å². The molecule has 0 aromatic carbocycles. The number of nitrogens with two attached hydrogens (primary N) is 1. The summed E-state index contributed by atoms with van der Waals surface area (Å²) in [4.78, 5) is 17.4. The summed E-state index contributed by atoms with van der Waals surface area (Å²) in [6, 6.07) is 0. The average molecular weight is 278 g/mol. The Bertz CT molecular complexity index is 462. The van der Waals surface area contributed by atoms with Crippen molar-refractivity contribution in [3.63, 3.8) is 0 Å². The van der Waals surface area contributed by atoms with Gasteiger partial charge in [-0.15, -0.1) is 0 Å². The molecular formula is C13H22N6O. The first-order valence-corrected chi connectivity index (χ1v) is 7.38. The van der Waals surface area contributed by atoms with Gasteiger partial charge in [-0.1, -0.05) is 0 Å². The third kappa shape index (κ3) is 2.77. The molecule has 1 atom stereocenters. The molecule has 1 aromatic rings. The van der Waals surface area contributed by atoms with Crippen LogP contribution < -0.4 is 15.5 Å². The predicted octanol–water partition coefficient (Wildman–Crippen LogP) is 0.263. The van der Waals surface area contributed by atoms with Gasteiger partial charge in [0.15, 0.2) is 0 Å². The van der Waals surface area contributed by atoms with E-state index in [1.807, 2.05) is 0 Å². The van der Waals surface area contributed by atoms with Gasteiger partial charge in [-0.25, -0.2) is 0 Å². The second kappa shape index (κ2) is 5.78. The van der Waals surface area contributed by atoms with Crippen LogP contribution in [0.3, 0.4) is 0 Å². The molecule has 1 unspecified atom stereocenters. The fourth-order valence-corrected chi connectivity index (χ4v) is 2.91.